The maximum Gasteiger partial charge on any atom is 0.203 e. The Morgan fingerprint density at radius 2 is 1.41 bits per heavy atom. The van der Waals surface area contributed by atoms with E-state index in [1.54, 1.807) is 18.9 Å². The summed E-state index contributed by atoms with van der Waals surface area (Å²) < 4.78 is 23.8. The van der Waals surface area contributed by atoms with Crippen molar-refractivity contribution in [3.63, 3.8) is 0 Å². The minimum atomic E-state index is -0.0148. The van der Waals surface area contributed by atoms with Crippen molar-refractivity contribution < 1.29 is 18.9 Å². The number of rotatable bonds is 8. The van der Waals surface area contributed by atoms with Crippen molar-refractivity contribution in [3.8, 4) is 17.2 Å². The molecule has 1 fully saturated rings. The average molecular weight is 409 g/mol. The lowest BCUT2D eigenvalue weighted by Gasteiger charge is -2.19. The summed E-state index contributed by atoms with van der Waals surface area (Å²) >= 11 is 1.78. The lowest BCUT2D eigenvalue weighted by molar-refractivity contribution is 0.144. The third-order valence-electron chi connectivity index (χ3n) is 4.62. The Morgan fingerprint density at radius 3 is 1.86 bits per heavy atom. The van der Waals surface area contributed by atoms with Gasteiger partial charge in [0.05, 0.1) is 13.7 Å². The molecule has 0 amide bonds. The fourth-order valence-electron chi connectivity index (χ4n) is 3.17. The van der Waals surface area contributed by atoms with Crippen LogP contribution in [0.1, 0.15) is 22.1 Å². The smallest absolute Gasteiger partial charge is 0.203 e. The van der Waals surface area contributed by atoms with E-state index in [1.807, 2.05) is 72.8 Å². The predicted octanol–water partition coefficient (Wildman–Crippen LogP) is 5.62. The lowest BCUT2D eigenvalue weighted by atomic mass is 10.1. The van der Waals surface area contributed by atoms with Crippen LogP contribution in [0.4, 0.5) is 0 Å². The second kappa shape index (κ2) is 9.72. The highest BCUT2D eigenvalue weighted by atomic mass is 32.2. The molecule has 1 saturated heterocycles. The standard InChI is InChI=1S/C24H24O4S/c1-25-23-21(27-16-18-8-4-2-5-9-18)14-20(24-26-12-13-29-24)15-22(23)28-17-19-10-6-3-7-11-19/h2-11,14-15,24H,12-13,16-17H2,1H3. The first-order valence-corrected chi connectivity index (χ1v) is 10.7. The molecule has 3 aromatic carbocycles. The number of thioether (sulfide) groups is 1. The van der Waals surface area contributed by atoms with Crippen LogP contribution >= 0.6 is 11.8 Å². The Bertz CT molecular complexity index is 844. The first-order valence-electron chi connectivity index (χ1n) is 9.62. The molecular formula is C24H24O4S. The zero-order valence-corrected chi connectivity index (χ0v) is 17.2. The fraction of sp³-hybridized carbons (Fsp3) is 0.250. The molecule has 1 aliphatic rings. The fourth-order valence-corrected chi connectivity index (χ4v) is 4.10. The summed E-state index contributed by atoms with van der Waals surface area (Å²) in [6, 6.07) is 24.2. The molecular weight excluding hydrogens is 384 g/mol. The van der Waals surface area contributed by atoms with Crippen LogP contribution in [0.2, 0.25) is 0 Å². The minimum Gasteiger partial charge on any atom is -0.490 e. The topological polar surface area (TPSA) is 36.9 Å². The van der Waals surface area contributed by atoms with E-state index in [9.17, 15) is 0 Å². The maximum atomic E-state index is 6.14. The molecule has 4 rings (SSSR count). The SMILES string of the molecule is COc1c(OCc2ccccc2)cc(C2OCCS2)cc1OCc1ccccc1. The second-order valence-electron chi connectivity index (χ2n) is 6.67. The van der Waals surface area contributed by atoms with Crippen LogP contribution in [0.15, 0.2) is 72.8 Å². The number of hydrogen-bond donors (Lipinski definition) is 0. The van der Waals surface area contributed by atoms with Gasteiger partial charge in [-0.15, -0.1) is 11.8 Å². The summed E-state index contributed by atoms with van der Waals surface area (Å²) in [7, 11) is 1.64. The summed E-state index contributed by atoms with van der Waals surface area (Å²) in [4.78, 5) is 0. The molecule has 1 aliphatic heterocycles. The largest absolute Gasteiger partial charge is 0.490 e. The third kappa shape index (κ3) is 5.05. The molecule has 3 aromatic rings. The van der Waals surface area contributed by atoms with Crippen LogP contribution in [-0.4, -0.2) is 19.5 Å². The number of ether oxygens (including phenoxy) is 4. The van der Waals surface area contributed by atoms with E-state index in [1.165, 1.54) is 0 Å². The van der Waals surface area contributed by atoms with Crippen molar-refractivity contribution in [3.05, 3.63) is 89.5 Å². The van der Waals surface area contributed by atoms with Gasteiger partial charge in [0.25, 0.3) is 0 Å². The molecule has 4 nitrogen and oxygen atoms in total. The third-order valence-corrected chi connectivity index (χ3v) is 5.73. The molecule has 1 unspecified atom stereocenters. The van der Waals surface area contributed by atoms with Crippen molar-refractivity contribution in [1.82, 2.24) is 0 Å². The predicted molar refractivity (Wildman–Crippen MR) is 116 cm³/mol. The van der Waals surface area contributed by atoms with Crippen LogP contribution in [0.5, 0.6) is 17.2 Å². The highest BCUT2D eigenvalue weighted by molar-refractivity contribution is 7.99. The van der Waals surface area contributed by atoms with Gasteiger partial charge in [0.15, 0.2) is 11.5 Å². The molecule has 0 bridgehead atoms. The molecule has 0 N–H and O–H groups in total. The Balaban J connectivity index is 1.61. The van der Waals surface area contributed by atoms with Crippen LogP contribution < -0.4 is 14.2 Å². The molecule has 0 spiro atoms. The van der Waals surface area contributed by atoms with Gasteiger partial charge in [-0.25, -0.2) is 0 Å². The van der Waals surface area contributed by atoms with Gasteiger partial charge in [-0.2, -0.15) is 0 Å². The van der Waals surface area contributed by atoms with E-state index < -0.39 is 0 Å². The van der Waals surface area contributed by atoms with Crippen LogP contribution in [0, 0.1) is 0 Å². The first kappa shape index (κ1) is 19.7. The highest BCUT2D eigenvalue weighted by Crippen LogP contribution is 2.44. The van der Waals surface area contributed by atoms with E-state index in [0.717, 1.165) is 29.1 Å². The molecule has 1 heterocycles. The Morgan fingerprint density at radius 1 is 0.862 bits per heavy atom. The Hall–Kier alpha value is -2.63. The Kier molecular flexibility index (Phi) is 6.60. The number of hydrogen-bond acceptors (Lipinski definition) is 5. The summed E-state index contributed by atoms with van der Waals surface area (Å²) in [5, 5.41) is 0. The van der Waals surface area contributed by atoms with Gasteiger partial charge in [0.2, 0.25) is 5.75 Å². The summed E-state index contributed by atoms with van der Waals surface area (Å²) in [6.45, 7) is 1.66. The second-order valence-corrected chi connectivity index (χ2v) is 7.84. The molecule has 5 heteroatoms. The number of methoxy groups -OCH3 is 1. The molecule has 0 radical (unpaired) electrons. The molecule has 29 heavy (non-hydrogen) atoms. The molecule has 150 valence electrons. The maximum absolute atomic E-state index is 6.14. The van der Waals surface area contributed by atoms with E-state index in [0.29, 0.717) is 30.5 Å². The average Bonchev–Trinajstić information content (AvgIpc) is 3.32. The van der Waals surface area contributed by atoms with Gasteiger partial charge < -0.3 is 18.9 Å². The minimum absolute atomic E-state index is 0.0148. The van der Waals surface area contributed by atoms with Crippen molar-refractivity contribution in [2.75, 3.05) is 19.5 Å². The summed E-state index contributed by atoms with van der Waals surface area (Å²) in [5.74, 6) is 2.90. The molecule has 0 aromatic heterocycles. The summed E-state index contributed by atoms with van der Waals surface area (Å²) in [6.07, 6.45) is 0. The van der Waals surface area contributed by atoms with Crippen molar-refractivity contribution in [2.45, 2.75) is 18.6 Å². The quantitative estimate of drug-likeness (QED) is 0.484. The molecule has 1 atom stereocenters. The monoisotopic (exact) mass is 408 g/mol. The van der Waals surface area contributed by atoms with E-state index in [-0.39, 0.29) is 5.44 Å². The Labute approximate surface area is 175 Å². The van der Waals surface area contributed by atoms with Crippen molar-refractivity contribution >= 4 is 11.8 Å². The van der Waals surface area contributed by atoms with E-state index in [4.69, 9.17) is 18.9 Å². The van der Waals surface area contributed by atoms with Gasteiger partial charge in [0.1, 0.15) is 18.6 Å². The van der Waals surface area contributed by atoms with Gasteiger partial charge in [-0.1, -0.05) is 60.7 Å². The zero-order valence-electron chi connectivity index (χ0n) is 16.4. The van der Waals surface area contributed by atoms with Crippen molar-refractivity contribution in [2.24, 2.45) is 0 Å². The summed E-state index contributed by atoms with van der Waals surface area (Å²) in [5.41, 5.74) is 3.20. The number of benzene rings is 3. The van der Waals surface area contributed by atoms with Gasteiger partial charge in [-0.3, -0.25) is 0 Å². The van der Waals surface area contributed by atoms with Crippen LogP contribution in [0.25, 0.3) is 0 Å². The van der Waals surface area contributed by atoms with Crippen LogP contribution in [-0.2, 0) is 18.0 Å². The van der Waals surface area contributed by atoms with Crippen molar-refractivity contribution in [1.29, 1.82) is 0 Å². The van der Waals surface area contributed by atoms with Gasteiger partial charge in [-0.05, 0) is 28.8 Å². The van der Waals surface area contributed by atoms with Crippen LogP contribution in [0.3, 0.4) is 0 Å². The van der Waals surface area contributed by atoms with E-state index in [2.05, 4.69) is 0 Å². The highest BCUT2D eigenvalue weighted by Gasteiger charge is 2.23. The normalized spacial score (nSPS) is 15.8. The molecule has 0 aliphatic carbocycles. The van der Waals surface area contributed by atoms with Gasteiger partial charge >= 0.3 is 0 Å². The van der Waals surface area contributed by atoms with Gasteiger partial charge in [0, 0.05) is 5.75 Å². The molecule has 0 saturated carbocycles. The zero-order chi connectivity index (χ0) is 19.9. The first-order chi connectivity index (χ1) is 14.3. The van der Waals surface area contributed by atoms with E-state index >= 15 is 0 Å². The lowest BCUT2D eigenvalue weighted by Crippen LogP contribution is -2.04.